The molecule has 40 heavy (non-hydrogen) atoms. The van der Waals surface area contributed by atoms with Crippen molar-refractivity contribution in [2.75, 3.05) is 6.61 Å². The van der Waals surface area contributed by atoms with E-state index in [4.69, 9.17) is 14.2 Å². The second kappa shape index (κ2) is 9.59. The molecule has 222 valence electrons. The molecule has 0 spiro atoms. The van der Waals surface area contributed by atoms with Crippen molar-refractivity contribution in [1.82, 2.24) is 0 Å². The van der Waals surface area contributed by atoms with Gasteiger partial charge in [0.25, 0.3) is 0 Å². The third-order valence-corrected chi connectivity index (χ3v) is 12.6. The van der Waals surface area contributed by atoms with Crippen molar-refractivity contribution in [2.24, 2.45) is 52.3 Å². The van der Waals surface area contributed by atoms with Gasteiger partial charge in [-0.25, -0.2) is 4.79 Å². The third-order valence-electron chi connectivity index (χ3n) is 12.6. The zero-order chi connectivity index (χ0) is 28.7. The van der Waals surface area contributed by atoms with E-state index in [1.807, 2.05) is 27.7 Å². The molecule has 0 aromatic rings. The number of ether oxygens (including phenoxy) is 3. The number of hydrogen-bond donors (Lipinski definition) is 0. The molecule has 8 aliphatic carbocycles. The Balaban J connectivity index is 1.20. The molecule has 8 saturated carbocycles. The Morgan fingerprint density at radius 3 is 1.25 bits per heavy atom. The van der Waals surface area contributed by atoms with Crippen LogP contribution in [0, 0.1) is 52.3 Å². The van der Waals surface area contributed by atoms with Gasteiger partial charge in [0.15, 0.2) is 5.92 Å². The SMILES string of the molecule is C=C(C)C(=O)OCC(C(=O)OC(C)(C)C12CC3CC(CC(C3)C1)C2)C(=O)OC(C)(C)C12CC3CC(CC(C3)C1)C2. The Hall–Kier alpha value is -1.85. The molecule has 0 heterocycles. The van der Waals surface area contributed by atoms with Crippen molar-refractivity contribution < 1.29 is 28.6 Å². The average molecular weight is 555 g/mol. The normalized spacial score (nSPS) is 40.0. The fourth-order valence-corrected chi connectivity index (χ4v) is 11.1. The number of rotatable bonds is 9. The Labute approximate surface area is 240 Å². The minimum absolute atomic E-state index is 0.0568. The summed E-state index contributed by atoms with van der Waals surface area (Å²) in [7, 11) is 0. The molecule has 8 fully saturated rings. The first kappa shape index (κ1) is 28.3. The third kappa shape index (κ3) is 4.73. The summed E-state index contributed by atoms with van der Waals surface area (Å²) in [4.78, 5) is 40.0. The lowest BCUT2D eigenvalue weighted by Crippen LogP contribution is -2.59. The van der Waals surface area contributed by atoms with E-state index >= 15 is 0 Å². The zero-order valence-electron chi connectivity index (χ0n) is 25.4. The number of carbonyl (C=O) groups excluding carboxylic acids is 3. The molecular weight excluding hydrogens is 504 g/mol. The average Bonchev–Trinajstić information content (AvgIpc) is 2.81. The minimum atomic E-state index is -1.32. The van der Waals surface area contributed by atoms with Crippen molar-refractivity contribution in [3.63, 3.8) is 0 Å². The smallest absolute Gasteiger partial charge is 0.333 e. The molecular formula is C34H50O6. The van der Waals surface area contributed by atoms with Gasteiger partial charge in [0.2, 0.25) is 0 Å². The van der Waals surface area contributed by atoms with Gasteiger partial charge < -0.3 is 14.2 Å². The quantitative estimate of drug-likeness (QED) is 0.135. The van der Waals surface area contributed by atoms with Crippen LogP contribution in [0.3, 0.4) is 0 Å². The monoisotopic (exact) mass is 554 g/mol. The summed E-state index contributed by atoms with van der Waals surface area (Å²) >= 11 is 0. The molecule has 0 N–H and O–H groups in total. The lowest BCUT2D eigenvalue weighted by Gasteiger charge is -2.61. The first-order chi connectivity index (χ1) is 18.7. The van der Waals surface area contributed by atoms with Crippen LogP contribution in [0.25, 0.3) is 0 Å². The first-order valence-electron chi connectivity index (χ1n) is 16.0. The van der Waals surface area contributed by atoms with Crippen LogP contribution in [0.15, 0.2) is 12.2 Å². The molecule has 0 unspecified atom stereocenters. The summed E-state index contributed by atoms with van der Waals surface area (Å²) in [6.45, 7) is 12.9. The van der Waals surface area contributed by atoms with Crippen LogP contribution in [0.4, 0.5) is 0 Å². The van der Waals surface area contributed by atoms with Crippen molar-refractivity contribution in [2.45, 2.75) is 123 Å². The van der Waals surface area contributed by atoms with Gasteiger partial charge in [0.05, 0.1) is 0 Å². The van der Waals surface area contributed by atoms with Crippen LogP contribution >= 0.6 is 0 Å². The van der Waals surface area contributed by atoms with Crippen molar-refractivity contribution in [3.05, 3.63) is 12.2 Å². The van der Waals surface area contributed by atoms with E-state index in [9.17, 15) is 14.4 Å². The molecule has 0 aromatic heterocycles. The molecule has 6 nitrogen and oxygen atoms in total. The van der Waals surface area contributed by atoms with Crippen molar-refractivity contribution >= 4 is 17.9 Å². The first-order valence-corrected chi connectivity index (χ1v) is 16.0. The predicted molar refractivity (Wildman–Crippen MR) is 151 cm³/mol. The maximum absolute atomic E-state index is 13.9. The number of esters is 3. The summed E-state index contributed by atoms with van der Waals surface area (Å²) in [5.74, 6) is 1.06. The van der Waals surface area contributed by atoms with Gasteiger partial charge in [-0.3, -0.25) is 9.59 Å². The fourth-order valence-electron chi connectivity index (χ4n) is 11.1. The molecule has 0 aliphatic heterocycles. The number of carbonyl (C=O) groups is 3. The molecule has 0 saturated heterocycles. The highest BCUT2D eigenvalue weighted by atomic mass is 16.6. The van der Waals surface area contributed by atoms with Gasteiger partial charge in [-0.05, 0) is 147 Å². The fraction of sp³-hybridized carbons (Fsp3) is 0.853. The Kier molecular flexibility index (Phi) is 6.78. The van der Waals surface area contributed by atoms with Crippen LogP contribution in [0.5, 0.6) is 0 Å². The van der Waals surface area contributed by atoms with Crippen LogP contribution < -0.4 is 0 Å². The summed E-state index contributed by atoms with van der Waals surface area (Å²) in [6, 6.07) is 0. The summed E-state index contributed by atoms with van der Waals surface area (Å²) in [6.07, 6.45) is 14.3. The Morgan fingerprint density at radius 1 is 0.675 bits per heavy atom. The van der Waals surface area contributed by atoms with E-state index in [2.05, 4.69) is 6.58 Å². The molecule has 0 atom stereocenters. The summed E-state index contributed by atoms with van der Waals surface area (Å²) in [5, 5.41) is 0. The maximum atomic E-state index is 13.9. The van der Waals surface area contributed by atoms with E-state index in [-0.39, 0.29) is 16.4 Å². The molecule has 6 heteroatoms. The molecule has 0 amide bonds. The minimum Gasteiger partial charge on any atom is -0.461 e. The van der Waals surface area contributed by atoms with E-state index in [0.717, 1.165) is 38.5 Å². The van der Waals surface area contributed by atoms with Crippen LogP contribution in [-0.4, -0.2) is 35.7 Å². The molecule has 8 aliphatic rings. The van der Waals surface area contributed by atoms with Crippen molar-refractivity contribution in [1.29, 1.82) is 0 Å². The molecule has 8 bridgehead atoms. The largest absolute Gasteiger partial charge is 0.461 e. The van der Waals surface area contributed by atoms with E-state index < -0.39 is 41.6 Å². The Morgan fingerprint density at radius 2 is 0.975 bits per heavy atom. The topological polar surface area (TPSA) is 78.9 Å². The van der Waals surface area contributed by atoms with Gasteiger partial charge in [0.1, 0.15) is 17.8 Å². The van der Waals surface area contributed by atoms with Crippen LogP contribution in [0.2, 0.25) is 0 Å². The Bertz CT molecular complexity index is 941. The summed E-state index contributed by atoms with van der Waals surface area (Å²) < 4.78 is 18.0. The van der Waals surface area contributed by atoms with E-state index in [0.29, 0.717) is 35.5 Å². The maximum Gasteiger partial charge on any atom is 0.333 e. The molecule has 0 radical (unpaired) electrons. The van der Waals surface area contributed by atoms with E-state index in [1.54, 1.807) is 6.92 Å². The highest BCUT2D eigenvalue weighted by molar-refractivity contribution is 5.96. The van der Waals surface area contributed by atoms with E-state index in [1.165, 1.54) is 38.5 Å². The molecule has 0 aromatic carbocycles. The van der Waals surface area contributed by atoms with Gasteiger partial charge in [-0.2, -0.15) is 0 Å². The van der Waals surface area contributed by atoms with Gasteiger partial charge >= 0.3 is 17.9 Å². The lowest BCUT2D eigenvalue weighted by molar-refractivity contribution is -0.215. The van der Waals surface area contributed by atoms with Gasteiger partial charge in [-0.15, -0.1) is 0 Å². The second-order valence-electron chi connectivity index (χ2n) is 16.2. The van der Waals surface area contributed by atoms with Gasteiger partial charge in [-0.1, -0.05) is 6.58 Å². The standard InChI is InChI=1S/C34H50O6/c1-20(2)28(35)38-19-27(29(36)39-31(3,4)33-13-21-7-22(14-33)9-23(8-21)15-33)30(37)40-32(5,6)34-16-24-10-25(17-34)12-26(11-24)18-34/h21-27H,1,7-19H2,2-6H3. The highest BCUT2D eigenvalue weighted by Crippen LogP contribution is 2.65. The van der Waals surface area contributed by atoms with Gasteiger partial charge in [0, 0.05) is 16.4 Å². The second-order valence-corrected chi connectivity index (χ2v) is 16.2. The van der Waals surface area contributed by atoms with Crippen molar-refractivity contribution in [3.8, 4) is 0 Å². The summed E-state index contributed by atoms with van der Waals surface area (Å²) in [5.41, 5.74) is -1.32. The highest BCUT2D eigenvalue weighted by Gasteiger charge is 2.61. The lowest BCUT2D eigenvalue weighted by atomic mass is 9.46. The zero-order valence-corrected chi connectivity index (χ0v) is 25.4. The molecule has 8 rings (SSSR count). The number of hydrogen-bond acceptors (Lipinski definition) is 6. The van der Waals surface area contributed by atoms with Crippen LogP contribution in [-0.2, 0) is 28.6 Å². The predicted octanol–water partition coefficient (Wildman–Crippen LogP) is 6.80. The van der Waals surface area contributed by atoms with Crippen LogP contribution in [0.1, 0.15) is 112 Å².